The number of hydrogen-bond donors (Lipinski definition) is 2. The van der Waals surface area contributed by atoms with Gasteiger partial charge in [-0.25, -0.2) is 0 Å². The highest BCUT2D eigenvalue weighted by molar-refractivity contribution is 6.15. The van der Waals surface area contributed by atoms with Crippen molar-refractivity contribution in [2.75, 3.05) is 19.2 Å². The Bertz CT molecular complexity index is 391. The van der Waals surface area contributed by atoms with Crippen molar-refractivity contribution in [3.05, 3.63) is 23.8 Å². The Morgan fingerprint density at radius 3 is 2.29 bits per heavy atom. The van der Waals surface area contributed by atoms with Crippen molar-refractivity contribution < 1.29 is 14.6 Å². The van der Waals surface area contributed by atoms with Gasteiger partial charge in [-0.1, -0.05) is 6.07 Å². The molecule has 0 saturated carbocycles. The van der Waals surface area contributed by atoms with Gasteiger partial charge in [0.05, 0.1) is 18.2 Å². The molecule has 0 spiro atoms. The third-order valence-electron chi connectivity index (χ3n) is 2.49. The van der Waals surface area contributed by atoms with E-state index in [4.69, 9.17) is 15.6 Å². The van der Waals surface area contributed by atoms with Crippen molar-refractivity contribution in [2.45, 2.75) is 19.3 Å². The van der Waals surface area contributed by atoms with E-state index in [1.165, 1.54) is 13.5 Å². The van der Waals surface area contributed by atoms with E-state index < -0.39 is 11.4 Å². The Morgan fingerprint density at radius 2 is 1.94 bits per heavy atom. The van der Waals surface area contributed by atoms with Gasteiger partial charge in [0, 0.05) is 6.38 Å². The summed E-state index contributed by atoms with van der Waals surface area (Å²) < 4.78 is 5.00. The molecule has 5 heteroatoms. The molecule has 0 radical (unpaired) electrons. The van der Waals surface area contributed by atoms with Crippen LogP contribution in [-0.4, -0.2) is 24.6 Å². The average molecular weight is 260 g/mol. The molecular weight excluding hydrogens is 242 g/mol. The summed E-state index contributed by atoms with van der Waals surface area (Å²) in [5, 5.41) is 9.04. The van der Waals surface area contributed by atoms with Gasteiger partial charge in [0.25, 0.3) is 0 Å². The molecule has 1 rings (SSSR count). The number of nitrogens with two attached hydrogens (primary N) is 1. The highest BCUT2D eigenvalue weighted by Crippen LogP contribution is 2.29. The Balaban J connectivity index is 0.00000121. The summed E-state index contributed by atoms with van der Waals surface area (Å²) in [5.74, 6) is -0.327. The van der Waals surface area contributed by atoms with Crippen molar-refractivity contribution in [1.82, 2.24) is 0 Å². The number of hydrogen-bond acceptors (Lipinski definition) is 3. The average Bonchev–Trinajstić information content (AvgIpc) is 2.31. The number of anilines is 1. The zero-order valence-electron chi connectivity index (χ0n) is 10.5. The highest BCUT2D eigenvalue weighted by atomic mass is 35.5. The van der Waals surface area contributed by atoms with Crippen molar-refractivity contribution in [3.8, 4) is 5.75 Å². The van der Waals surface area contributed by atoms with E-state index in [0.29, 0.717) is 17.0 Å². The third-order valence-corrected chi connectivity index (χ3v) is 2.49. The van der Waals surface area contributed by atoms with E-state index in [2.05, 4.69) is 11.6 Å². The molecule has 0 heterocycles. The van der Waals surface area contributed by atoms with Gasteiger partial charge in [-0.3, -0.25) is 4.79 Å². The normalized spacial score (nSPS) is 10.2. The first-order chi connectivity index (χ1) is 7.89. The Morgan fingerprint density at radius 1 is 1.41 bits per heavy atom. The van der Waals surface area contributed by atoms with Gasteiger partial charge in [-0.15, -0.1) is 11.6 Å². The molecule has 0 aliphatic rings. The molecule has 1 aromatic rings. The van der Waals surface area contributed by atoms with Crippen LogP contribution in [0, 0.1) is 0 Å². The molecular formula is C12H18ClNO3. The largest absolute Gasteiger partial charge is 0.495 e. The molecule has 0 aliphatic carbocycles. The number of carbonyl (C=O) groups is 1. The van der Waals surface area contributed by atoms with Crippen LogP contribution in [0.15, 0.2) is 18.2 Å². The van der Waals surface area contributed by atoms with E-state index in [0.717, 1.165) is 0 Å². The van der Waals surface area contributed by atoms with Crippen LogP contribution in [0.2, 0.25) is 0 Å². The monoisotopic (exact) mass is 259 g/mol. The van der Waals surface area contributed by atoms with Crippen molar-refractivity contribution in [2.24, 2.45) is 0 Å². The first-order valence-corrected chi connectivity index (χ1v) is 5.70. The van der Waals surface area contributed by atoms with Crippen LogP contribution < -0.4 is 10.5 Å². The minimum Gasteiger partial charge on any atom is -0.495 e. The topological polar surface area (TPSA) is 72.5 Å². The fourth-order valence-corrected chi connectivity index (χ4v) is 1.25. The van der Waals surface area contributed by atoms with Crippen LogP contribution in [-0.2, 0) is 10.2 Å². The smallest absolute Gasteiger partial charge is 0.313 e. The summed E-state index contributed by atoms with van der Waals surface area (Å²) in [4.78, 5) is 11.0. The van der Waals surface area contributed by atoms with E-state index in [1.807, 2.05) is 0 Å². The number of halogens is 1. The van der Waals surface area contributed by atoms with Gasteiger partial charge >= 0.3 is 5.97 Å². The quantitative estimate of drug-likeness (QED) is 0.646. The van der Waals surface area contributed by atoms with Crippen LogP contribution in [0.3, 0.4) is 0 Å². The Kier molecular flexibility index (Phi) is 5.82. The molecule has 0 atom stereocenters. The number of carboxylic acids is 1. The zero-order valence-corrected chi connectivity index (χ0v) is 11.2. The fraction of sp³-hybridized carbons (Fsp3) is 0.417. The first kappa shape index (κ1) is 15.6. The Labute approximate surface area is 106 Å². The second-order valence-electron chi connectivity index (χ2n) is 3.89. The minimum absolute atomic E-state index is 0.448. The lowest BCUT2D eigenvalue weighted by Crippen LogP contribution is -2.28. The number of alkyl halides is 1. The number of rotatable bonds is 3. The third kappa shape index (κ3) is 3.53. The summed E-state index contributed by atoms with van der Waals surface area (Å²) in [6.07, 6.45) is 1.47. The second kappa shape index (κ2) is 6.35. The lowest BCUT2D eigenvalue weighted by Gasteiger charge is -2.20. The van der Waals surface area contributed by atoms with Gasteiger partial charge in [0.1, 0.15) is 5.75 Å². The second-order valence-corrected chi connectivity index (χ2v) is 3.89. The van der Waals surface area contributed by atoms with Crippen LogP contribution in [0.25, 0.3) is 0 Å². The molecule has 1 aromatic carbocycles. The van der Waals surface area contributed by atoms with Crippen LogP contribution in [0.1, 0.15) is 19.4 Å². The minimum atomic E-state index is -0.944. The van der Waals surface area contributed by atoms with Crippen LogP contribution >= 0.6 is 11.6 Å². The lowest BCUT2D eigenvalue weighted by molar-refractivity contribution is -0.142. The van der Waals surface area contributed by atoms with Crippen LogP contribution in [0.4, 0.5) is 5.69 Å². The zero-order chi connectivity index (χ0) is 13.6. The SMILES string of the molecule is CCl.COc1ccc(C(C)(C)C(=O)O)cc1N. The highest BCUT2D eigenvalue weighted by Gasteiger charge is 2.29. The lowest BCUT2D eigenvalue weighted by atomic mass is 9.84. The molecule has 0 fully saturated rings. The molecule has 96 valence electrons. The van der Waals surface area contributed by atoms with Gasteiger partial charge in [-0.2, -0.15) is 0 Å². The van der Waals surface area contributed by atoms with E-state index in [9.17, 15) is 4.79 Å². The molecule has 0 bridgehead atoms. The summed E-state index contributed by atoms with van der Waals surface area (Å²) in [5.41, 5.74) is 5.88. The van der Waals surface area contributed by atoms with Crippen molar-refractivity contribution >= 4 is 23.3 Å². The molecule has 17 heavy (non-hydrogen) atoms. The Hall–Kier alpha value is -1.42. The maximum atomic E-state index is 11.0. The molecule has 4 nitrogen and oxygen atoms in total. The fourth-order valence-electron chi connectivity index (χ4n) is 1.25. The van der Waals surface area contributed by atoms with E-state index in [-0.39, 0.29) is 0 Å². The number of nitrogen functional groups attached to an aromatic ring is 1. The summed E-state index contributed by atoms with van der Waals surface area (Å²) >= 11 is 4.64. The van der Waals surface area contributed by atoms with Crippen molar-refractivity contribution in [3.63, 3.8) is 0 Å². The number of carboxylic acid groups (broad SMARTS) is 1. The summed E-state index contributed by atoms with van der Waals surface area (Å²) in [6, 6.07) is 5.02. The van der Waals surface area contributed by atoms with E-state index in [1.54, 1.807) is 32.0 Å². The molecule has 0 amide bonds. The predicted octanol–water partition coefficient (Wildman–Crippen LogP) is 2.49. The van der Waals surface area contributed by atoms with Crippen LogP contribution in [0.5, 0.6) is 5.75 Å². The maximum absolute atomic E-state index is 11.0. The summed E-state index contributed by atoms with van der Waals surface area (Å²) in [7, 11) is 1.52. The number of benzene rings is 1. The standard InChI is InChI=1S/C11H15NO3.CH3Cl/c1-11(2,10(13)14)7-4-5-9(15-3)8(12)6-7;1-2/h4-6H,12H2,1-3H3,(H,13,14);1H3. The molecule has 0 unspecified atom stereocenters. The first-order valence-electron chi connectivity index (χ1n) is 4.94. The van der Waals surface area contributed by atoms with Crippen molar-refractivity contribution in [1.29, 1.82) is 0 Å². The maximum Gasteiger partial charge on any atom is 0.313 e. The molecule has 0 saturated heterocycles. The molecule has 0 aliphatic heterocycles. The van der Waals surface area contributed by atoms with Gasteiger partial charge < -0.3 is 15.6 Å². The number of methoxy groups -OCH3 is 1. The van der Waals surface area contributed by atoms with Gasteiger partial charge in [0.15, 0.2) is 0 Å². The predicted molar refractivity (Wildman–Crippen MR) is 69.8 cm³/mol. The number of ether oxygens (including phenoxy) is 1. The van der Waals surface area contributed by atoms with E-state index >= 15 is 0 Å². The van der Waals surface area contributed by atoms with Gasteiger partial charge in [0.2, 0.25) is 0 Å². The molecule has 3 N–H and O–H groups in total. The number of aliphatic carboxylic acids is 1. The van der Waals surface area contributed by atoms with Gasteiger partial charge in [-0.05, 0) is 31.5 Å². The summed E-state index contributed by atoms with van der Waals surface area (Å²) in [6.45, 7) is 3.27. The molecule has 0 aromatic heterocycles.